The fourth-order valence-corrected chi connectivity index (χ4v) is 1.96. The second-order valence-electron chi connectivity index (χ2n) is 3.54. The van der Waals surface area contributed by atoms with Gasteiger partial charge in [0.2, 0.25) is 0 Å². The summed E-state index contributed by atoms with van der Waals surface area (Å²) in [5.41, 5.74) is -0.562. The van der Waals surface area contributed by atoms with Gasteiger partial charge in [0.05, 0.1) is 17.0 Å². The molecule has 0 aliphatic carbocycles. The van der Waals surface area contributed by atoms with Crippen LogP contribution in [0.25, 0.3) is 10.7 Å². The van der Waals surface area contributed by atoms with E-state index in [0.29, 0.717) is 4.88 Å². The Labute approximate surface area is 115 Å². The second kappa shape index (κ2) is 5.53. The Bertz CT molecular complexity index is 614. The van der Waals surface area contributed by atoms with Crippen LogP contribution in [-0.4, -0.2) is 27.5 Å². The van der Waals surface area contributed by atoms with Gasteiger partial charge in [-0.1, -0.05) is 0 Å². The number of carbonyl (C=O) groups is 1. The Morgan fingerprint density at radius 2 is 2.15 bits per heavy atom. The van der Waals surface area contributed by atoms with Gasteiger partial charge in [-0.25, -0.2) is 14.8 Å². The van der Waals surface area contributed by atoms with Crippen LogP contribution in [0.5, 0.6) is 0 Å². The van der Waals surface area contributed by atoms with Crippen molar-refractivity contribution in [2.24, 2.45) is 0 Å². The maximum Gasteiger partial charge on any atom is 0.434 e. The number of carbonyl (C=O) groups excluding carboxylic acids is 1. The van der Waals surface area contributed by atoms with Gasteiger partial charge in [0.1, 0.15) is 5.56 Å². The summed E-state index contributed by atoms with van der Waals surface area (Å²) in [7, 11) is 0. The Kier molecular flexibility index (Phi) is 3.98. The highest BCUT2D eigenvalue weighted by atomic mass is 32.1. The fraction of sp³-hybridized carbons (Fsp3) is 0.273. The van der Waals surface area contributed by atoms with Crippen molar-refractivity contribution in [3.63, 3.8) is 0 Å². The molecular formula is C11H8F3N3O2S. The lowest BCUT2D eigenvalue weighted by atomic mass is 10.2. The topological polar surface area (TPSA) is 65.0 Å². The molecule has 0 saturated carbocycles. The zero-order valence-electron chi connectivity index (χ0n) is 10.1. The molecule has 2 aromatic heterocycles. The van der Waals surface area contributed by atoms with E-state index in [1.165, 1.54) is 18.6 Å². The van der Waals surface area contributed by atoms with Crippen LogP contribution in [0.15, 0.2) is 17.9 Å². The molecule has 0 radical (unpaired) electrons. The Morgan fingerprint density at radius 3 is 2.70 bits per heavy atom. The summed E-state index contributed by atoms with van der Waals surface area (Å²) in [6.45, 7) is 1.46. The van der Waals surface area contributed by atoms with Gasteiger partial charge in [-0.3, -0.25) is 4.98 Å². The molecule has 0 N–H and O–H groups in total. The van der Waals surface area contributed by atoms with Gasteiger partial charge in [-0.05, 0) is 6.92 Å². The lowest BCUT2D eigenvalue weighted by Crippen LogP contribution is -2.18. The van der Waals surface area contributed by atoms with E-state index in [1.807, 2.05) is 0 Å². The molecule has 0 atom stereocenters. The largest absolute Gasteiger partial charge is 0.462 e. The minimum atomic E-state index is -4.77. The predicted molar refractivity (Wildman–Crippen MR) is 64.1 cm³/mol. The van der Waals surface area contributed by atoms with Crippen LogP contribution in [0.2, 0.25) is 0 Å². The molecule has 2 rings (SSSR count). The van der Waals surface area contributed by atoms with Gasteiger partial charge in [-0.15, -0.1) is 11.3 Å². The monoisotopic (exact) mass is 303 g/mol. The molecule has 0 saturated heterocycles. The third-order valence-corrected chi connectivity index (χ3v) is 2.97. The lowest BCUT2D eigenvalue weighted by molar-refractivity contribution is -0.141. The molecule has 0 unspecified atom stereocenters. The average molecular weight is 303 g/mol. The number of esters is 1. The normalized spacial score (nSPS) is 11.4. The molecule has 2 aromatic rings. The van der Waals surface area contributed by atoms with Crippen molar-refractivity contribution >= 4 is 17.3 Å². The maximum absolute atomic E-state index is 13.0. The van der Waals surface area contributed by atoms with Crippen molar-refractivity contribution in [3.8, 4) is 10.7 Å². The van der Waals surface area contributed by atoms with Crippen molar-refractivity contribution < 1.29 is 22.7 Å². The van der Waals surface area contributed by atoms with Crippen LogP contribution in [0.3, 0.4) is 0 Å². The van der Waals surface area contributed by atoms with Gasteiger partial charge in [0.15, 0.2) is 11.5 Å². The highest BCUT2D eigenvalue weighted by molar-refractivity contribution is 7.13. The average Bonchev–Trinajstić information content (AvgIpc) is 2.91. The fourth-order valence-electron chi connectivity index (χ4n) is 1.40. The number of hydrogen-bond acceptors (Lipinski definition) is 6. The maximum atomic E-state index is 13.0. The molecule has 20 heavy (non-hydrogen) atoms. The zero-order valence-corrected chi connectivity index (χ0v) is 11.0. The number of rotatable bonds is 3. The standard InChI is InChI=1S/C11H8F3N3O2S/c1-2-19-10(18)6-3-16-9(7-4-15-5-20-7)17-8(6)11(12,13)14/h3-5H,2H2,1H3. The summed E-state index contributed by atoms with van der Waals surface area (Å²) >= 11 is 1.10. The molecule has 0 aliphatic rings. The van der Waals surface area contributed by atoms with Crippen molar-refractivity contribution in [2.45, 2.75) is 13.1 Å². The van der Waals surface area contributed by atoms with Crippen molar-refractivity contribution in [1.82, 2.24) is 15.0 Å². The van der Waals surface area contributed by atoms with Gasteiger partial charge in [-0.2, -0.15) is 13.2 Å². The number of alkyl halides is 3. The zero-order chi connectivity index (χ0) is 14.8. The molecule has 2 heterocycles. The first-order valence-electron chi connectivity index (χ1n) is 5.43. The number of aromatic nitrogens is 3. The first-order valence-corrected chi connectivity index (χ1v) is 6.31. The molecule has 0 bridgehead atoms. The van der Waals surface area contributed by atoms with E-state index in [2.05, 4.69) is 19.7 Å². The van der Waals surface area contributed by atoms with E-state index in [-0.39, 0.29) is 12.4 Å². The van der Waals surface area contributed by atoms with E-state index in [1.54, 1.807) is 0 Å². The Hall–Kier alpha value is -2.03. The van der Waals surface area contributed by atoms with E-state index in [9.17, 15) is 18.0 Å². The minimum absolute atomic E-state index is 0.0350. The van der Waals surface area contributed by atoms with Crippen LogP contribution >= 0.6 is 11.3 Å². The predicted octanol–water partition coefficient (Wildman–Crippen LogP) is 2.80. The summed E-state index contributed by atoms with van der Waals surface area (Å²) in [5.74, 6) is -1.23. The second-order valence-corrected chi connectivity index (χ2v) is 4.43. The highest BCUT2D eigenvalue weighted by Gasteiger charge is 2.38. The summed E-state index contributed by atoms with van der Waals surface area (Å²) in [5, 5.41) is 0. The SMILES string of the molecule is CCOC(=O)c1cnc(-c2cncs2)nc1C(F)(F)F. The van der Waals surface area contributed by atoms with E-state index in [0.717, 1.165) is 17.5 Å². The van der Waals surface area contributed by atoms with Crippen molar-refractivity contribution in [2.75, 3.05) is 6.61 Å². The van der Waals surface area contributed by atoms with E-state index < -0.39 is 23.4 Å². The van der Waals surface area contributed by atoms with Crippen LogP contribution in [0.1, 0.15) is 23.0 Å². The van der Waals surface area contributed by atoms with Crippen LogP contribution in [0.4, 0.5) is 13.2 Å². The number of halogens is 3. The molecule has 106 valence electrons. The molecule has 5 nitrogen and oxygen atoms in total. The van der Waals surface area contributed by atoms with E-state index >= 15 is 0 Å². The number of hydrogen-bond donors (Lipinski definition) is 0. The number of thiazole rings is 1. The summed E-state index contributed by atoms with van der Waals surface area (Å²) in [6, 6.07) is 0. The molecule has 0 amide bonds. The highest BCUT2D eigenvalue weighted by Crippen LogP contribution is 2.32. The van der Waals surface area contributed by atoms with Gasteiger partial charge in [0, 0.05) is 12.4 Å². The van der Waals surface area contributed by atoms with Gasteiger partial charge < -0.3 is 4.74 Å². The molecule has 9 heteroatoms. The first kappa shape index (κ1) is 14.4. The third kappa shape index (κ3) is 2.93. The van der Waals surface area contributed by atoms with Crippen LogP contribution < -0.4 is 0 Å². The third-order valence-electron chi connectivity index (χ3n) is 2.21. The first-order chi connectivity index (χ1) is 9.43. The number of nitrogens with zero attached hydrogens (tertiary/aromatic N) is 3. The molecule has 0 spiro atoms. The minimum Gasteiger partial charge on any atom is -0.462 e. The summed E-state index contributed by atoms with van der Waals surface area (Å²) < 4.78 is 43.4. The Morgan fingerprint density at radius 1 is 1.40 bits per heavy atom. The molecule has 0 aliphatic heterocycles. The molecule has 0 aromatic carbocycles. The smallest absolute Gasteiger partial charge is 0.434 e. The lowest BCUT2D eigenvalue weighted by Gasteiger charge is -2.11. The summed E-state index contributed by atoms with van der Waals surface area (Å²) in [6.07, 6.45) is -2.60. The summed E-state index contributed by atoms with van der Waals surface area (Å²) in [4.78, 5) is 22.8. The number of ether oxygens (including phenoxy) is 1. The quantitative estimate of drug-likeness (QED) is 0.816. The van der Waals surface area contributed by atoms with Crippen molar-refractivity contribution in [3.05, 3.63) is 29.2 Å². The molecular weight excluding hydrogens is 295 g/mol. The van der Waals surface area contributed by atoms with Gasteiger partial charge >= 0.3 is 12.1 Å². The molecule has 0 fully saturated rings. The van der Waals surface area contributed by atoms with Crippen LogP contribution in [0, 0.1) is 0 Å². The van der Waals surface area contributed by atoms with Gasteiger partial charge in [0.25, 0.3) is 0 Å². The van der Waals surface area contributed by atoms with E-state index in [4.69, 9.17) is 0 Å². The Balaban J connectivity index is 2.52. The van der Waals surface area contributed by atoms with Crippen LogP contribution in [-0.2, 0) is 10.9 Å². The van der Waals surface area contributed by atoms with Crippen molar-refractivity contribution in [1.29, 1.82) is 0 Å².